The normalized spacial score (nSPS) is 19.1. The van der Waals surface area contributed by atoms with E-state index in [9.17, 15) is 9.90 Å². The molecule has 0 unspecified atom stereocenters. The van der Waals surface area contributed by atoms with Gasteiger partial charge in [-0.25, -0.2) is 0 Å². The summed E-state index contributed by atoms with van der Waals surface area (Å²) in [5.74, 6) is -0.856. The number of rotatable bonds is 11. The minimum Gasteiger partial charge on any atom is -0.480 e. The molecule has 1 aliphatic carbocycles. The largest absolute Gasteiger partial charge is 0.480 e. The quantitative estimate of drug-likeness (QED) is 0.201. The van der Waals surface area contributed by atoms with Gasteiger partial charge in [0.25, 0.3) is 0 Å². The number of carboxylic acid groups (broad SMARTS) is 1. The number of carboxylic acids is 1. The van der Waals surface area contributed by atoms with Gasteiger partial charge in [-0.3, -0.25) is 4.79 Å². The van der Waals surface area contributed by atoms with Gasteiger partial charge < -0.3 is 15.3 Å². The van der Waals surface area contributed by atoms with Gasteiger partial charge in [-0.05, 0) is 54.5 Å². The molecule has 2 aromatic carbocycles. The van der Waals surface area contributed by atoms with Gasteiger partial charge in [-0.2, -0.15) is 4.58 Å². The van der Waals surface area contributed by atoms with Crippen LogP contribution >= 0.6 is 0 Å². The summed E-state index contributed by atoms with van der Waals surface area (Å²) in [5.41, 5.74) is 9.44. The van der Waals surface area contributed by atoms with Crippen LogP contribution in [0.5, 0.6) is 0 Å². The van der Waals surface area contributed by atoms with Crippen molar-refractivity contribution in [3.8, 4) is 0 Å². The molecule has 4 rings (SSSR count). The van der Waals surface area contributed by atoms with E-state index in [-0.39, 0.29) is 17.4 Å². The Morgan fingerprint density at radius 1 is 1.00 bits per heavy atom. The van der Waals surface area contributed by atoms with Crippen molar-refractivity contribution in [3.05, 3.63) is 107 Å². The lowest BCUT2D eigenvalue weighted by atomic mass is 9.83. The molecular weight excluding hydrogens is 542 g/mol. The topological polar surface area (TPSA) is 55.6 Å². The number of fused-ring (bicyclic) bond motifs is 1. The summed E-state index contributed by atoms with van der Waals surface area (Å²) in [5, 5.41) is 12.9. The van der Waals surface area contributed by atoms with E-state index in [1.807, 2.05) is 0 Å². The highest BCUT2D eigenvalue weighted by atomic mass is 16.4. The zero-order valence-electron chi connectivity index (χ0n) is 27.9. The Bertz CT molecular complexity index is 1480. The Hall–Kier alpha value is -3.86. The monoisotopic (exact) mass is 594 g/mol. The minimum atomic E-state index is -0.856. The van der Waals surface area contributed by atoms with Crippen molar-refractivity contribution < 1.29 is 14.5 Å². The van der Waals surface area contributed by atoms with Crippen molar-refractivity contribution in [1.82, 2.24) is 5.32 Å². The van der Waals surface area contributed by atoms with E-state index in [2.05, 4.69) is 142 Å². The molecule has 0 fully saturated rings. The van der Waals surface area contributed by atoms with E-state index >= 15 is 0 Å². The zero-order chi connectivity index (χ0) is 31.9. The highest BCUT2D eigenvalue weighted by Gasteiger charge is 2.39. The molecule has 0 spiro atoms. The Kier molecular flexibility index (Phi) is 10.7. The zero-order valence-corrected chi connectivity index (χ0v) is 27.9. The predicted octanol–water partition coefficient (Wildman–Crippen LogP) is 8.91. The molecule has 1 aliphatic heterocycles. The van der Waals surface area contributed by atoms with Crippen LogP contribution in [-0.2, 0) is 10.2 Å². The lowest BCUT2D eigenvalue weighted by Gasteiger charge is -2.27. The second-order valence-electron chi connectivity index (χ2n) is 13.5. The average molecular weight is 595 g/mol. The molecule has 2 aliphatic rings. The van der Waals surface area contributed by atoms with Crippen molar-refractivity contribution in [3.63, 3.8) is 0 Å². The lowest BCUT2D eigenvalue weighted by Crippen LogP contribution is -2.29. The molecule has 0 radical (unpaired) electrons. The van der Waals surface area contributed by atoms with Gasteiger partial charge >= 0.3 is 5.97 Å². The summed E-state index contributed by atoms with van der Waals surface area (Å²) in [7, 11) is 0. The summed E-state index contributed by atoms with van der Waals surface area (Å²) < 4.78 is 2.42. The third kappa shape index (κ3) is 7.43. The van der Waals surface area contributed by atoms with Gasteiger partial charge in [0.1, 0.15) is 13.1 Å². The number of hydrogen-bond donors (Lipinski definition) is 2. The van der Waals surface area contributed by atoms with Gasteiger partial charge in [0, 0.05) is 59.1 Å². The first-order chi connectivity index (χ1) is 21.0. The van der Waals surface area contributed by atoms with Crippen molar-refractivity contribution in [2.45, 2.75) is 86.0 Å². The number of hydrogen-bond acceptors (Lipinski definition) is 3. The predicted molar refractivity (Wildman–Crippen MR) is 185 cm³/mol. The Morgan fingerprint density at radius 2 is 1.70 bits per heavy atom. The number of benzene rings is 2. The third-order valence-corrected chi connectivity index (χ3v) is 8.66. The summed E-state index contributed by atoms with van der Waals surface area (Å²) in [4.78, 5) is 14.2. The molecule has 2 N–H and O–H groups in total. The molecule has 1 heterocycles. The summed E-state index contributed by atoms with van der Waals surface area (Å²) in [6.07, 6.45) is 14.0. The van der Waals surface area contributed by atoms with Gasteiger partial charge in [0.05, 0.1) is 0 Å². The molecule has 5 heteroatoms. The maximum atomic E-state index is 11.7. The average Bonchev–Trinajstić information content (AvgIpc) is 3.20. The van der Waals surface area contributed by atoms with Crippen molar-refractivity contribution >= 4 is 23.1 Å². The van der Waals surface area contributed by atoms with Crippen molar-refractivity contribution in [1.29, 1.82) is 0 Å². The van der Waals surface area contributed by atoms with Gasteiger partial charge in [-0.1, -0.05) is 97.0 Å². The summed E-state index contributed by atoms with van der Waals surface area (Å²) >= 11 is 0. The van der Waals surface area contributed by atoms with Gasteiger partial charge in [-0.15, -0.1) is 0 Å². The highest BCUT2D eigenvalue weighted by Crippen LogP contribution is 2.47. The van der Waals surface area contributed by atoms with Crippen LogP contribution in [0.25, 0.3) is 0 Å². The summed E-state index contributed by atoms with van der Waals surface area (Å²) in [6.45, 7) is 17.6. The fourth-order valence-electron chi connectivity index (χ4n) is 6.58. The molecule has 0 saturated heterocycles. The first-order valence-electron chi connectivity index (χ1n) is 16.3. The van der Waals surface area contributed by atoms with Crippen LogP contribution in [0, 0.1) is 5.41 Å². The maximum absolute atomic E-state index is 11.7. The molecule has 0 bridgehead atoms. The molecule has 0 amide bonds. The van der Waals surface area contributed by atoms with Crippen molar-refractivity contribution in [2.24, 2.45) is 5.41 Å². The number of anilines is 1. The molecule has 2 aromatic rings. The number of para-hydroxylation sites is 2. The Morgan fingerprint density at radius 3 is 2.36 bits per heavy atom. The highest BCUT2D eigenvalue weighted by molar-refractivity contribution is 5.96. The molecule has 44 heavy (non-hydrogen) atoms. The van der Waals surface area contributed by atoms with Crippen LogP contribution in [0.4, 0.5) is 11.4 Å². The van der Waals surface area contributed by atoms with E-state index in [0.29, 0.717) is 0 Å². The Balaban J connectivity index is 1.82. The van der Waals surface area contributed by atoms with E-state index in [0.717, 1.165) is 56.5 Å². The Labute approximate surface area is 265 Å². The molecule has 0 aromatic heterocycles. The van der Waals surface area contributed by atoms with E-state index in [1.54, 1.807) is 0 Å². The first-order valence-corrected chi connectivity index (χ1v) is 16.3. The van der Waals surface area contributed by atoms with E-state index in [1.165, 1.54) is 33.9 Å². The molecular formula is C39H52N3O2+. The summed E-state index contributed by atoms with van der Waals surface area (Å²) in [6, 6.07) is 19.3. The SMILES string of the molecule is CCCN1C(=CC=C2CCCC(C=CC(=[N+](CCC)c3ccccc3)C(C)(C)C)=C2NCC(=O)O)C(C)(C)c2ccccc21. The lowest BCUT2D eigenvalue weighted by molar-refractivity contribution is -0.443. The number of allylic oxidation sites excluding steroid dienone is 7. The third-order valence-electron chi connectivity index (χ3n) is 8.66. The fourth-order valence-corrected chi connectivity index (χ4v) is 6.58. The van der Waals surface area contributed by atoms with Crippen LogP contribution in [0.15, 0.2) is 101 Å². The molecule has 0 atom stereocenters. The van der Waals surface area contributed by atoms with Gasteiger partial charge in [0.15, 0.2) is 5.71 Å². The minimum absolute atomic E-state index is 0.0831. The second-order valence-corrected chi connectivity index (χ2v) is 13.5. The van der Waals surface area contributed by atoms with E-state index < -0.39 is 5.97 Å². The van der Waals surface area contributed by atoms with Crippen LogP contribution in [0.1, 0.15) is 86.1 Å². The van der Waals surface area contributed by atoms with Crippen LogP contribution in [0.3, 0.4) is 0 Å². The number of nitrogens with one attached hydrogen (secondary N) is 1. The smallest absolute Gasteiger partial charge is 0.322 e. The number of carbonyl (C=O) groups is 1. The standard InChI is InChI=1S/C39H51N3O2/c1-8-26-41(31-18-11-10-12-19-31)34(38(3,4)5)24-22-29-16-15-17-30(37(29)40-28-36(43)44)23-25-35-39(6,7)32-20-13-14-21-33(32)42(35)27-9-2/h10-14,18-25H,8-9,15-17,26-28H2,1-7H3,(H,43,44)/p+1. The fraction of sp³-hybridized carbons (Fsp3) is 0.436. The van der Waals surface area contributed by atoms with Gasteiger partial charge in [0.2, 0.25) is 5.69 Å². The van der Waals surface area contributed by atoms with Crippen molar-refractivity contribution in [2.75, 3.05) is 24.5 Å². The first kappa shape index (κ1) is 33.0. The van der Waals surface area contributed by atoms with Crippen LogP contribution < -0.4 is 10.2 Å². The molecule has 234 valence electrons. The van der Waals surface area contributed by atoms with Crippen LogP contribution in [-0.4, -0.2) is 41.0 Å². The second kappa shape index (κ2) is 14.3. The van der Waals surface area contributed by atoms with E-state index in [4.69, 9.17) is 0 Å². The van der Waals surface area contributed by atoms with Crippen LogP contribution in [0.2, 0.25) is 0 Å². The number of aliphatic carboxylic acids is 1. The molecule has 5 nitrogen and oxygen atoms in total. The molecule has 0 saturated carbocycles. The maximum Gasteiger partial charge on any atom is 0.322 e. The number of nitrogens with zero attached hydrogens (tertiary/aromatic N) is 2.